The molecule has 0 N–H and O–H groups in total. The Bertz CT molecular complexity index is 125. The van der Waals surface area contributed by atoms with Gasteiger partial charge in [-0.25, -0.2) is 0 Å². The first-order chi connectivity index (χ1) is 4.81. The van der Waals surface area contributed by atoms with E-state index in [4.69, 9.17) is 9.47 Å². The quantitative estimate of drug-likeness (QED) is 0.341. The highest BCUT2D eigenvalue weighted by Crippen LogP contribution is 1.93. The smallest absolute Gasteiger partial charge is 0.229 e. The summed E-state index contributed by atoms with van der Waals surface area (Å²) >= 11 is 0. The molecule has 0 aromatic carbocycles. The summed E-state index contributed by atoms with van der Waals surface area (Å²) in [5, 5.41) is 0. The molecule has 0 unspecified atom stereocenters. The highest BCUT2D eigenvalue weighted by atomic mass is 16.7. The van der Waals surface area contributed by atoms with Crippen molar-refractivity contribution < 1.29 is 9.47 Å². The third-order valence-electron chi connectivity index (χ3n) is 0.993. The van der Waals surface area contributed by atoms with Crippen molar-refractivity contribution in [1.29, 1.82) is 0 Å². The van der Waals surface area contributed by atoms with Crippen LogP contribution in [0.2, 0.25) is 0 Å². The van der Waals surface area contributed by atoms with Gasteiger partial charge >= 0.3 is 0 Å². The maximum absolute atomic E-state index is 5.08. The predicted octanol–water partition coefficient (Wildman–Crippen LogP) is 2.43. The van der Waals surface area contributed by atoms with Crippen LogP contribution in [0, 0.1) is 0 Å². The average molecular weight is 142 g/mol. The Morgan fingerprint density at radius 3 is 2.60 bits per heavy atom. The lowest BCUT2D eigenvalue weighted by Gasteiger charge is -2.03. The molecule has 0 aromatic rings. The SMILES string of the molecule is C/C=C/OCO/C(C)=C/C. The van der Waals surface area contributed by atoms with Crippen LogP contribution in [0.25, 0.3) is 0 Å². The summed E-state index contributed by atoms with van der Waals surface area (Å²) in [6.45, 7) is 5.99. The van der Waals surface area contributed by atoms with E-state index in [1.165, 1.54) is 0 Å². The van der Waals surface area contributed by atoms with Gasteiger partial charge < -0.3 is 9.47 Å². The Kier molecular flexibility index (Phi) is 5.63. The van der Waals surface area contributed by atoms with Gasteiger partial charge in [0.05, 0.1) is 12.0 Å². The molecule has 0 bridgehead atoms. The molecule has 0 radical (unpaired) electrons. The van der Waals surface area contributed by atoms with E-state index in [1.807, 2.05) is 32.9 Å². The van der Waals surface area contributed by atoms with Crippen LogP contribution in [0.4, 0.5) is 0 Å². The maximum atomic E-state index is 5.08. The second-order valence-electron chi connectivity index (χ2n) is 1.80. The lowest BCUT2D eigenvalue weighted by molar-refractivity contribution is 0.0293. The van der Waals surface area contributed by atoms with Gasteiger partial charge in [0.15, 0.2) is 0 Å². The average Bonchev–Trinajstić information content (AvgIpc) is 1.98. The van der Waals surface area contributed by atoms with E-state index in [0.29, 0.717) is 6.79 Å². The summed E-state index contributed by atoms with van der Waals surface area (Å²) in [5.41, 5.74) is 0. The summed E-state index contributed by atoms with van der Waals surface area (Å²) in [7, 11) is 0. The summed E-state index contributed by atoms with van der Waals surface area (Å²) < 4.78 is 9.99. The number of rotatable bonds is 4. The van der Waals surface area contributed by atoms with Crippen LogP contribution in [0.1, 0.15) is 20.8 Å². The molecule has 10 heavy (non-hydrogen) atoms. The van der Waals surface area contributed by atoms with Gasteiger partial charge in [0.1, 0.15) is 0 Å². The zero-order valence-corrected chi connectivity index (χ0v) is 6.76. The fourth-order valence-corrected chi connectivity index (χ4v) is 0.346. The van der Waals surface area contributed by atoms with Gasteiger partial charge in [0.2, 0.25) is 6.79 Å². The van der Waals surface area contributed by atoms with E-state index in [0.717, 1.165) is 5.76 Å². The lowest BCUT2D eigenvalue weighted by Crippen LogP contribution is -1.92. The molecule has 58 valence electrons. The van der Waals surface area contributed by atoms with Crippen molar-refractivity contribution in [1.82, 2.24) is 0 Å². The first-order valence-electron chi connectivity index (χ1n) is 3.29. The second-order valence-corrected chi connectivity index (χ2v) is 1.80. The predicted molar refractivity (Wildman–Crippen MR) is 41.3 cm³/mol. The molecular formula is C8H14O2. The fourth-order valence-electron chi connectivity index (χ4n) is 0.346. The lowest BCUT2D eigenvalue weighted by atomic mass is 10.5. The monoisotopic (exact) mass is 142 g/mol. The number of hydrogen-bond acceptors (Lipinski definition) is 2. The molecule has 0 fully saturated rings. The summed E-state index contributed by atoms with van der Waals surface area (Å²) in [6.07, 6.45) is 5.30. The van der Waals surface area contributed by atoms with Gasteiger partial charge in [0.25, 0.3) is 0 Å². The highest BCUT2D eigenvalue weighted by molar-refractivity contribution is 4.83. The molecule has 0 spiro atoms. The minimum Gasteiger partial charge on any atom is -0.465 e. The molecule has 0 atom stereocenters. The molecule has 0 saturated carbocycles. The summed E-state index contributed by atoms with van der Waals surface area (Å²) in [6, 6.07) is 0. The van der Waals surface area contributed by atoms with Crippen molar-refractivity contribution in [2.45, 2.75) is 20.8 Å². The maximum Gasteiger partial charge on any atom is 0.229 e. The van der Waals surface area contributed by atoms with Gasteiger partial charge in [-0.15, -0.1) is 0 Å². The Labute approximate surface area is 62.1 Å². The molecular weight excluding hydrogens is 128 g/mol. The Balaban J connectivity index is 3.20. The van der Waals surface area contributed by atoms with Crippen LogP contribution in [0.15, 0.2) is 24.2 Å². The Morgan fingerprint density at radius 1 is 1.40 bits per heavy atom. The highest BCUT2D eigenvalue weighted by Gasteiger charge is 1.83. The largest absolute Gasteiger partial charge is 0.465 e. The number of hydrogen-bond donors (Lipinski definition) is 0. The molecule has 2 nitrogen and oxygen atoms in total. The van der Waals surface area contributed by atoms with E-state index in [-0.39, 0.29) is 0 Å². The van der Waals surface area contributed by atoms with Gasteiger partial charge in [-0.3, -0.25) is 0 Å². The Hall–Kier alpha value is -0.920. The molecule has 0 aliphatic carbocycles. The molecule has 0 aliphatic rings. The van der Waals surface area contributed by atoms with Gasteiger partial charge in [-0.2, -0.15) is 0 Å². The third kappa shape index (κ3) is 5.22. The van der Waals surface area contributed by atoms with Crippen LogP contribution in [0.3, 0.4) is 0 Å². The first-order valence-corrected chi connectivity index (χ1v) is 3.29. The van der Waals surface area contributed by atoms with Crippen molar-refractivity contribution in [3.05, 3.63) is 24.2 Å². The van der Waals surface area contributed by atoms with E-state index < -0.39 is 0 Å². The van der Waals surface area contributed by atoms with Crippen LogP contribution < -0.4 is 0 Å². The molecule has 0 aliphatic heterocycles. The van der Waals surface area contributed by atoms with E-state index in [9.17, 15) is 0 Å². The molecule has 2 heteroatoms. The minimum absolute atomic E-state index is 0.292. The molecule has 0 rings (SSSR count). The number of allylic oxidation sites excluding steroid dienone is 3. The number of ether oxygens (including phenoxy) is 2. The normalized spacial score (nSPS) is 12.1. The van der Waals surface area contributed by atoms with Gasteiger partial charge in [-0.1, -0.05) is 6.08 Å². The van der Waals surface area contributed by atoms with Crippen LogP contribution >= 0.6 is 0 Å². The molecule has 0 heterocycles. The van der Waals surface area contributed by atoms with Crippen molar-refractivity contribution in [2.24, 2.45) is 0 Å². The summed E-state index contributed by atoms with van der Waals surface area (Å²) in [5.74, 6) is 0.879. The van der Waals surface area contributed by atoms with Crippen LogP contribution in [-0.4, -0.2) is 6.79 Å². The van der Waals surface area contributed by atoms with E-state index in [2.05, 4.69) is 0 Å². The van der Waals surface area contributed by atoms with Crippen molar-refractivity contribution in [3.8, 4) is 0 Å². The van der Waals surface area contributed by atoms with E-state index >= 15 is 0 Å². The molecule has 0 saturated heterocycles. The van der Waals surface area contributed by atoms with Gasteiger partial charge in [-0.05, 0) is 26.8 Å². The van der Waals surface area contributed by atoms with Crippen molar-refractivity contribution in [2.75, 3.05) is 6.79 Å². The topological polar surface area (TPSA) is 18.5 Å². The fraction of sp³-hybridized carbons (Fsp3) is 0.500. The Morgan fingerprint density at radius 2 is 2.10 bits per heavy atom. The second kappa shape index (κ2) is 6.20. The van der Waals surface area contributed by atoms with Gasteiger partial charge in [0, 0.05) is 0 Å². The van der Waals surface area contributed by atoms with E-state index in [1.54, 1.807) is 6.26 Å². The molecule has 0 aromatic heterocycles. The third-order valence-corrected chi connectivity index (χ3v) is 0.993. The van der Waals surface area contributed by atoms with Crippen LogP contribution in [0.5, 0.6) is 0 Å². The standard InChI is InChI=1S/C8H14O2/c1-4-6-9-7-10-8(3)5-2/h4-6H,7H2,1-3H3/b6-4+,8-5+. The minimum atomic E-state index is 0.292. The zero-order chi connectivity index (χ0) is 7.82. The van der Waals surface area contributed by atoms with Crippen molar-refractivity contribution in [3.63, 3.8) is 0 Å². The summed E-state index contributed by atoms with van der Waals surface area (Å²) in [4.78, 5) is 0. The van der Waals surface area contributed by atoms with Crippen molar-refractivity contribution >= 4 is 0 Å². The van der Waals surface area contributed by atoms with Crippen LogP contribution in [-0.2, 0) is 9.47 Å². The zero-order valence-electron chi connectivity index (χ0n) is 6.76. The molecule has 0 amide bonds. The first kappa shape index (κ1) is 9.08.